The highest BCUT2D eigenvalue weighted by molar-refractivity contribution is 9.10. The zero-order valence-corrected chi connectivity index (χ0v) is 18.0. The van der Waals surface area contributed by atoms with Gasteiger partial charge in [-0.3, -0.25) is 4.79 Å². The first kappa shape index (κ1) is 18.5. The van der Waals surface area contributed by atoms with E-state index in [0.29, 0.717) is 0 Å². The van der Waals surface area contributed by atoms with Crippen LogP contribution in [0.5, 0.6) is 0 Å². The van der Waals surface area contributed by atoms with Gasteiger partial charge in [0.15, 0.2) is 0 Å². The number of hydrogen-bond donors (Lipinski definition) is 2. The Hall–Kier alpha value is -1.33. The van der Waals surface area contributed by atoms with Crippen molar-refractivity contribution in [2.24, 2.45) is 0 Å². The van der Waals surface area contributed by atoms with Crippen molar-refractivity contribution in [2.45, 2.75) is 38.5 Å². The molecule has 0 radical (unpaired) electrons. The van der Waals surface area contributed by atoms with Crippen molar-refractivity contribution in [1.82, 2.24) is 0 Å². The Morgan fingerprint density at radius 3 is 2.08 bits per heavy atom. The molecule has 1 amide bonds. The molecule has 0 aliphatic carbocycles. The van der Waals surface area contributed by atoms with Gasteiger partial charge in [0.25, 0.3) is 0 Å². The smallest absolute Gasteiger partial charge is 0.234 e. The van der Waals surface area contributed by atoms with E-state index in [0.717, 1.165) is 26.7 Å². The SMILES string of the molecule is CC1(C)C(=O)Nc2cc(Br)ccc21.CC1(C)CNc2cc(Br)ccc21. The Bertz CT molecular complexity index is 844. The summed E-state index contributed by atoms with van der Waals surface area (Å²) in [6, 6.07) is 12.3. The summed E-state index contributed by atoms with van der Waals surface area (Å²) in [4.78, 5) is 11.5. The van der Waals surface area contributed by atoms with Gasteiger partial charge in [-0.1, -0.05) is 57.8 Å². The number of anilines is 2. The number of halogens is 2. The Labute approximate surface area is 165 Å². The molecule has 3 nitrogen and oxygen atoms in total. The minimum atomic E-state index is -0.393. The van der Waals surface area contributed by atoms with Gasteiger partial charge < -0.3 is 10.6 Å². The molecule has 0 unspecified atom stereocenters. The van der Waals surface area contributed by atoms with Crippen LogP contribution in [-0.4, -0.2) is 12.5 Å². The van der Waals surface area contributed by atoms with Gasteiger partial charge in [0.1, 0.15) is 0 Å². The van der Waals surface area contributed by atoms with Crippen LogP contribution in [0.2, 0.25) is 0 Å². The predicted octanol–water partition coefficient (Wildman–Crippen LogP) is 5.83. The second-order valence-corrected chi connectivity index (χ2v) is 9.53. The molecule has 4 rings (SSSR count). The van der Waals surface area contributed by atoms with E-state index in [4.69, 9.17) is 0 Å². The number of benzene rings is 2. The molecule has 0 fully saturated rings. The second kappa shape index (κ2) is 6.44. The van der Waals surface area contributed by atoms with E-state index in [2.05, 4.69) is 74.5 Å². The Morgan fingerprint density at radius 2 is 1.44 bits per heavy atom. The summed E-state index contributed by atoms with van der Waals surface area (Å²) in [6.07, 6.45) is 0. The van der Waals surface area contributed by atoms with Gasteiger partial charge in [-0.25, -0.2) is 0 Å². The standard InChI is InChI=1S/C10H10BrNO.C10H12BrN/c1-10(2)7-4-3-6(11)5-8(7)12-9(10)13;1-10(2)6-12-9-5-7(11)3-4-8(9)10/h3-5H,1-2H3,(H,12,13);3-5,12H,6H2,1-2H3. The van der Waals surface area contributed by atoms with E-state index in [1.54, 1.807) is 0 Å². The number of carbonyl (C=O) groups excluding carboxylic acids is 1. The van der Waals surface area contributed by atoms with Crippen molar-refractivity contribution >= 4 is 49.1 Å². The van der Waals surface area contributed by atoms with Crippen LogP contribution in [0.25, 0.3) is 0 Å². The van der Waals surface area contributed by atoms with Gasteiger partial charge in [0, 0.05) is 32.3 Å². The van der Waals surface area contributed by atoms with E-state index >= 15 is 0 Å². The molecule has 2 aromatic rings. The topological polar surface area (TPSA) is 41.1 Å². The van der Waals surface area contributed by atoms with Crippen LogP contribution in [0.3, 0.4) is 0 Å². The molecule has 2 aromatic carbocycles. The Balaban J connectivity index is 0.000000146. The summed E-state index contributed by atoms with van der Waals surface area (Å²) >= 11 is 6.83. The lowest BCUT2D eigenvalue weighted by Gasteiger charge is -2.16. The first-order valence-electron chi connectivity index (χ1n) is 8.27. The number of amides is 1. The van der Waals surface area contributed by atoms with Gasteiger partial charge in [0.05, 0.1) is 5.41 Å². The molecule has 0 saturated heterocycles. The number of carbonyl (C=O) groups is 1. The van der Waals surface area contributed by atoms with Crippen molar-refractivity contribution in [3.05, 3.63) is 56.5 Å². The molecule has 2 aliphatic heterocycles. The number of fused-ring (bicyclic) bond motifs is 2. The maximum atomic E-state index is 11.5. The highest BCUT2D eigenvalue weighted by atomic mass is 79.9. The monoisotopic (exact) mass is 464 g/mol. The largest absolute Gasteiger partial charge is 0.384 e. The molecule has 132 valence electrons. The Kier molecular flexibility index (Phi) is 4.75. The highest BCUT2D eigenvalue weighted by Crippen LogP contribution is 2.38. The van der Waals surface area contributed by atoms with E-state index < -0.39 is 5.41 Å². The fraction of sp³-hybridized carbons (Fsp3) is 0.350. The van der Waals surface area contributed by atoms with Gasteiger partial charge in [-0.2, -0.15) is 0 Å². The molecule has 0 aromatic heterocycles. The van der Waals surface area contributed by atoms with Crippen LogP contribution in [0, 0.1) is 0 Å². The van der Waals surface area contributed by atoms with Crippen molar-refractivity contribution < 1.29 is 4.79 Å². The molecular formula is C20H22Br2N2O. The van der Waals surface area contributed by atoms with Crippen LogP contribution in [0.1, 0.15) is 38.8 Å². The first-order chi connectivity index (χ1) is 11.6. The fourth-order valence-corrected chi connectivity index (χ4v) is 3.95. The van der Waals surface area contributed by atoms with E-state index in [-0.39, 0.29) is 11.3 Å². The van der Waals surface area contributed by atoms with Crippen molar-refractivity contribution in [3.8, 4) is 0 Å². The zero-order chi connectivity index (χ0) is 18.4. The van der Waals surface area contributed by atoms with Crippen LogP contribution in [0.4, 0.5) is 11.4 Å². The number of hydrogen-bond acceptors (Lipinski definition) is 2. The lowest BCUT2D eigenvalue weighted by Crippen LogP contribution is -2.26. The molecule has 2 N–H and O–H groups in total. The van der Waals surface area contributed by atoms with Crippen molar-refractivity contribution in [1.29, 1.82) is 0 Å². The van der Waals surface area contributed by atoms with Crippen LogP contribution >= 0.6 is 31.9 Å². The molecular weight excluding hydrogens is 444 g/mol. The molecule has 0 bridgehead atoms. The van der Waals surface area contributed by atoms with Gasteiger partial charge >= 0.3 is 0 Å². The van der Waals surface area contributed by atoms with E-state index in [9.17, 15) is 4.79 Å². The van der Waals surface area contributed by atoms with Gasteiger partial charge in [0.2, 0.25) is 5.91 Å². The van der Waals surface area contributed by atoms with Crippen molar-refractivity contribution in [2.75, 3.05) is 17.2 Å². The molecule has 0 atom stereocenters. The molecule has 5 heteroatoms. The van der Waals surface area contributed by atoms with E-state index in [1.807, 2.05) is 32.0 Å². The first-order valence-corrected chi connectivity index (χ1v) is 9.85. The minimum absolute atomic E-state index is 0.0700. The van der Waals surface area contributed by atoms with Crippen LogP contribution in [0.15, 0.2) is 45.3 Å². The lowest BCUT2D eigenvalue weighted by atomic mass is 9.86. The average Bonchev–Trinajstić information content (AvgIpc) is 2.93. The summed E-state index contributed by atoms with van der Waals surface area (Å²) in [5.41, 5.74) is 4.58. The minimum Gasteiger partial charge on any atom is -0.384 e. The quantitative estimate of drug-likeness (QED) is 0.513. The zero-order valence-electron chi connectivity index (χ0n) is 14.8. The molecule has 2 heterocycles. The molecule has 2 aliphatic rings. The van der Waals surface area contributed by atoms with Crippen LogP contribution < -0.4 is 10.6 Å². The summed E-state index contributed by atoms with van der Waals surface area (Å²) in [5, 5.41) is 6.26. The summed E-state index contributed by atoms with van der Waals surface area (Å²) in [5.74, 6) is 0.0700. The number of nitrogens with one attached hydrogen (secondary N) is 2. The molecule has 25 heavy (non-hydrogen) atoms. The Morgan fingerprint density at radius 1 is 0.880 bits per heavy atom. The maximum Gasteiger partial charge on any atom is 0.234 e. The maximum absolute atomic E-state index is 11.5. The van der Waals surface area contributed by atoms with Crippen LogP contribution in [-0.2, 0) is 15.6 Å². The summed E-state index contributed by atoms with van der Waals surface area (Å²) in [7, 11) is 0. The third-order valence-electron chi connectivity index (χ3n) is 4.90. The third kappa shape index (κ3) is 3.49. The van der Waals surface area contributed by atoms with Gasteiger partial charge in [-0.15, -0.1) is 0 Å². The normalized spacial score (nSPS) is 18.4. The third-order valence-corrected chi connectivity index (χ3v) is 5.89. The lowest BCUT2D eigenvalue weighted by molar-refractivity contribution is -0.119. The average molecular weight is 466 g/mol. The van der Waals surface area contributed by atoms with Gasteiger partial charge in [-0.05, 0) is 49.2 Å². The summed E-state index contributed by atoms with van der Waals surface area (Å²) in [6.45, 7) is 9.43. The summed E-state index contributed by atoms with van der Waals surface area (Å²) < 4.78 is 2.13. The van der Waals surface area contributed by atoms with E-state index in [1.165, 1.54) is 11.3 Å². The molecule has 0 spiro atoms. The number of rotatable bonds is 0. The molecule has 0 saturated carbocycles. The highest BCUT2D eigenvalue weighted by Gasteiger charge is 2.38. The predicted molar refractivity (Wildman–Crippen MR) is 111 cm³/mol. The van der Waals surface area contributed by atoms with Crippen molar-refractivity contribution in [3.63, 3.8) is 0 Å². The fourth-order valence-electron chi connectivity index (χ4n) is 3.23. The second-order valence-electron chi connectivity index (χ2n) is 7.70.